The summed E-state index contributed by atoms with van der Waals surface area (Å²) in [7, 11) is 1.60. The molecule has 148 valence electrons. The van der Waals surface area contributed by atoms with Crippen molar-refractivity contribution in [3.05, 3.63) is 66.6 Å². The average Bonchev–Trinajstić information content (AvgIpc) is 2.80. The Kier molecular flexibility index (Phi) is 5.51. The van der Waals surface area contributed by atoms with Gasteiger partial charge in [-0.3, -0.25) is 4.79 Å². The lowest BCUT2D eigenvalue weighted by molar-refractivity contribution is 0.102. The van der Waals surface area contributed by atoms with Gasteiger partial charge in [-0.1, -0.05) is 6.07 Å². The summed E-state index contributed by atoms with van der Waals surface area (Å²) in [6.45, 7) is 3.29. The summed E-state index contributed by atoms with van der Waals surface area (Å²) < 4.78 is 5.12. The van der Waals surface area contributed by atoms with E-state index in [0.717, 1.165) is 37.7 Å². The highest BCUT2D eigenvalue weighted by Gasteiger charge is 2.20. The summed E-state index contributed by atoms with van der Waals surface area (Å²) in [5.74, 6) is 2.10. The number of carbonyl (C=O) groups is 1. The Morgan fingerprint density at radius 3 is 2.24 bits per heavy atom. The lowest BCUT2D eigenvalue weighted by Gasteiger charge is -2.35. The summed E-state index contributed by atoms with van der Waals surface area (Å²) in [5.41, 5.74) is 1.10. The van der Waals surface area contributed by atoms with Crippen molar-refractivity contribution < 1.29 is 9.53 Å². The van der Waals surface area contributed by atoms with E-state index in [1.54, 1.807) is 50.0 Å². The number of ether oxygens (including phenoxy) is 1. The minimum Gasteiger partial charge on any atom is -0.497 e. The van der Waals surface area contributed by atoms with Gasteiger partial charge in [-0.05, 0) is 36.4 Å². The number of piperazine rings is 1. The van der Waals surface area contributed by atoms with E-state index in [0.29, 0.717) is 17.2 Å². The zero-order valence-corrected chi connectivity index (χ0v) is 16.2. The van der Waals surface area contributed by atoms with Gasteiger partial charge in [0.1, 0.15) is 11.6 Å². The smallest absolute Gasteiger partial charge is 0.258 e. The van der Waals surface area contributed by atoms with Crippen LogP contribution in [0.1, 0.15) is 10.4 Å². The minimum atomic E-state index is -0.248. The van der Waals surface area contributed by atoms with Crippen molar-refractivity contribution in [1.82, 2.24) is 15.0 Å². The highest BCUT2D eigenvalue weighted by molar-refractivity contribution is 6.03. The topological polar surface area (TPSA) is 83.5 Å². The molecule has 0 spiro atoms. The molecule has 1 aromatic carbocycles. The quantitative estimate of drug-likeness (QED) is 0.716. The van der Waals surface area contributed by atoms with Crippen molar-refractivity contribution >= 4 is 23.4 Å². The first kappa shape index (κ1) is 18.7. The van der Waals surface area contributed by atoms with E-state index in [1.165, 1.54) is 0 Å². The van der Waals surface area contributed by atoms with E-state index in [-0.39, 0.29) is 5.91 Å². The first-order valence-corrected chi connectivity index (χ1v) is 9.41. The summed E-state index contributed by atoms with van der Waals surface area (Å²) >= 11 is 0. The third-order valence-corrected chi connectivity index (χ3v) is 4.78. The van der Waals surface area contributed by atoms with Crippen molar-refractivity contribution in [2.24, 2.45) is 0 Å². The molecule has 0 atom stereocenters. The fourth-order valence-corrected chi connectivity index (χ4v) is 3.16. The summed E-state index contributed by atoms with van der Waals surface area (Å²) in [4.78, 5) is 29.9. The van der Waals surface area contributed by atoms with Crippen LogP contribution < -0.4 is 19.9 Å². The first-order valence-electron chi connectivity index (χ1n) is 9.41. The Balaban J connectivity index is 1.34. The molecule has 1 amide bonds. The maximum Gasteiger partial charge on any atom is 0.258 e. The zero-order chi connectivity index (χ0) is 20.1. The van der Waals surface area contributed by atoms with Gasteiger partial charge in [0, 0.05) is 50.5 Å². The van der Waals surface area contributed by atoms with Crippen LogP contribution in [-0.2, 0) is 0 Å². The monoisotopic (exact) mass is 390 g/mol. The third-order valence-electron chi connectivity index (χ3n) is 4.78. The highest BCUT2D eigenvalue weighted by atomic mass is 16.5. The number of methoxy groups -OCH3 is 1. The molecule has 1 saturated heterocycles. The number of nitrogens with zero attached hydrogens (tertiary/aromatic N) is 5. The molecule has 0 unspecified atom stereocenters. The lowest BCUT2D eigenvalue weighted by atomic mass is 10.2. The Labute approximate surface area is 169 Å². The van der Waals surface area contributed by atoms with Crippen LogP contribution in [-0.4, -0.2) is 54.1 Å². The van der Waals surface area contributed by atoms with Crippen molar-refractivity contribution in [2.45, 2.75) is 0 Å². The van der Waals surface area contributed by atoms with E-state index >= 15 is 0 Å². The van der Waals surface area contributed by atoms with Crippen LogP contribution in [0, 0.1) is 0 Å². The van der Waals surface area contributed by atoms with Gasteiger partial charge in [-0.15, -0.1) is 0 Å². The van der Waals surface area contributed by atoms with Crippen molar-refractivity contribution in [3.8, 4) is 5.75 Å². The molecule has 1 aliphatic heterocycles. The van der Waals surface area contributed by atoms with E-state index in [4.69, 9.17) is 4.74 Å². The fraction of sp³-hybridized carbons (Fsp3) is 0.238. The van der Waals surface area contributed by atoms with Gasteiger partial charge >= 0.3 is 0 Å². The molecular weight excluding hydrogens is 368 g/mol. The second kappa shape index (κ2) is 8.55. The van der Waals surface area contributed by atoms with Crippen molar-refractivity contribution in [2.75, 3.05) is 48.4 Å². The van der Waals surface area contributed by atoms with Crippen LogP contribution in [0.25, 0.3) is 0 Å². The van der Waals surface area contributed by atoms with Gasteiger partial charge in [0.2, 0.25) is 5.95 Å². The number of anilines is 3. The number of hydrogen-bond donors (Lipinski definition) is 1. The predicted octanol–water partition coefficient (Wildman–Crippen LogP) is 2.46. The zero-order valence-electron chi connectivity index (χ0n) is 16.2. The number of rotatable bonds is 5. The van der Waals surface area contributed by atoms with Gasteiger partial charge in [0.25, 0.3) is 5.91 Å². The Hall–Kier alpha value is -3.68. The summed E-state index contributed by atoms with van der Waals surface area (Å²) in [6.07, 6.45) is 4.93. The normalized spacial score (nSPS) is 13.8. The summed E-state index contributed by atoms with van der Waals surface area (Å²) in [5, 5.41) is 2.83. The van der Waals surface area contributed by atoms with Gasteiger partial charge in [0.15, 0.2) is 0 Å². The SMILES string of the molecule is COc1ccc(NC(=O)c2cnc(N3CCN(c4ccccn4)CC3)nc2)cc1. The molecule has 3 aromatic rings. The second-order valence-corrected chi connectivity index (χ2v) is 6.62. The molecule has 1 fully saturated rings. The number of amides is 1. The van der Waals surface area contributed by atoms with E-state index in [1.807, 2.05) is 18.2 Å². The largest absolute Gasteiger partial charge is 0.497 e. The number of hydrogen-bond acceptors (Lipinski definition) is 7. The van der Waals surface area contributed by atoms with Crippen molar-refractivity contribution in [1.29, 1.82) is 0 Å². The molecule has 8 heteroatoms. The fourth-order valence-electron chi connectivity index (χ4n) is 3.16. The van der Waals surface area contributed by atoms with Crippen LogP contribution >= 0.6 is 0 Å². The van der Waals surface area contributed by atoms with Gasteiger partial charge in [0.05, 0.1) is 12.7 Å². The number of benzene rings is 1. The Bertz CT molecular complexity index is 939. The molecule has 1 aliphatic rings. The second-order valence-electron chi connectivity index (χ2n) is 6.62. The van der Waals surface area contributed by atoms with Crippen LogP contribution in [0.3, 0.4) is 0 Å². The molecule has 0 radical (unpaired) electrons. The predicted molar refractivity (Wildman–Crippen MR) is 112 cm³/mol. The molecule has 1 N–H and O–H groups in total. The summed E-state index contributed by atoms with van der Waals surface area (Å²) in [6, 6.07) is 13.1. The van der Waals surface area contributed by atoms with E-state index < -0.39 is 0 Å². The molecular formula is C21H22N6O2. The van der Waals surface area contributed by atoms with Gasteiger partial charge < -0.3 is 19.9 Å². The number of aromatic nitrogens is 3. The standard InChI is InChI=1S/C21H22N6O2/c1-29-18-7-5-17(6-8-18)25-20(28)16-14-23-21(24-15-16)27-12-10-26(11-13-27)19-4-2-3-9-22-19/h2-9,14-15H,10-13H2,1H3,(H,25,28). The number of pyridine rings is 1. The number of nitrogens with one attached hydrogen (secondary N) is 1. The maximum absolute atomic E-state index is 12.4. The van der Waals surface area contributed by atoms with Crippen LogP contribution in [0.4, 0.5) is 17.5 Å². The van der Waals surface area contributed by atoms with Crippen LogP contribution in [0.5, 0.6) is 5.75 Å². The molecule has 0 aliphatic carbocycles. The van der Waals surface area contributed by atoms with Gasteiger partial charge in [-0.2, -0.15) is 0 Å². The van der Waals surface area contributed by atoms with E-state index in [9.17, 15) is 4.79 Å². The average molecular weight is 390 g/mol. The van der Waals surface area contributed by atoms with Gasteiger partial charge in [-0.25, -0.2) is 15.0 Å². The van der Waals surface area contributed by atoms with Crippen LogP contribution in [0.15, 0.2) is 61.1 Å². The highest BCUT2D eigenvalue weighted by Crippen LogP contribution is 2.17. The third kappa shape index (κ3) is 4.43. The van der Waals surface area contributed by atoms with Crippen LogP contribution in [0.2, 0.25) is 0 Å². The minimum absolute atomic E-state index is 0.248. The molecule has 29 heavy (non-hydrogen) atoms. The molecule has 4 rings (SSSR count). The van der Waals surface area contributed by atoms with Crippen molar-refractivity contribution in [3.63, 3.8) is 0 Å². The molecule has 0 saturated carbocycles. The Morgan fingerprint density at radius 1 is 0.931 bits per heavy atom. The molecule has 8 nitrogen and oxygen atoms in total. The Morgan fingerprint density at radius 2 is 1.62 bits per heavy atom. The lowest BCUT2D eigenvalue weighted by Crippen LogP contribution is -2.47. The first-order chi connectivity index (χ1) is 14.2. The molecule has 0 bridgehead atoms. The molecule has 2 aromatic heterocycles. The number of carbonyl (C=O) groups excluding carboxylic acids is 1. The van der Waals surface area contributed by atoms with E-state index in [2.05, 4.69) is 30.1 Å². The molecule has 3 heterocycles. The maximum atomic E-state index is 12.4.